The molecule has 0 unspecified atom stereocenters. The highest BCUT2D eigenvalue weighted by atomic mass is 35.5. The van der Waals surface area contributed by atoms with E-state index in [0.29, 0.717) is 23.0 Å². The van der Waals surface area contributed by atoms with Gasteiger partial charge in [-0.15, -0.1) is 0 Å². The van der Waals surface area contributed by atoms with Gasteiger partial charge >= 0.3 is 0 Å². The van der Waals surface area contributed by atoms with E-state index in [9.17, 15) is 0 Å². The Kier molecular flexibility index (Phi) is 3.46. The van der Waals surface area contributed by atoms with Crippen molar-refractivity contribution in [2.24, 2.45) is 0 Å². The predicted molar refractivity (Wildman–Crippen MR) is 80.4 cm³/mol. The molecule has 0 atom stereocenters. The molecule has 0 radical (unpaired) electrons. The Morgan fingerprint density at radius 1 is 1.20 bits per heavy atom. The summed E-state index contributed by atoms with van der Waals surface area (Å²) >= 11 is 12.0. The van der Waals surface area contributed by atoms with Crippen LogP contribution in [0.4, 0.5) is 5.82 Å². The van der Waals surface area contributed by atoms with Crippen LogP contribution in [0.2, 0.25) is 10.3 Å². The van der Waals surface area contributed by atoms with E-state index in [-0.39, 0.29) is 5.28 Å². The molecular weight excluding hydrogens is 297 g/mol. The molecule has 0 aliphatic rings. The zero-order valence-electron chi connectivity index (χ0n) is 10.6. The minimum atomic E-state index is 0.171. The zero-order chi connectivity index (χ0) is 14.1. The van der Waals surface area contributed by atoms with E-state index in [0.717, 1.165) is 10.9 Å². The molecule has 102 valence electrons. The third-order valence-corrected chi connectivity index (χ3v) is 3.46. The highest BCUT2D eigenvalue weighted by Gasteiger charge is 2.10. The van der Waals surface area contributed by atoms with E-state index in [4.69, 9.17) is 23.2 Å². The topological polar surface area (TPSA) is 55.6 Å². The first-order valence-corrected chi connectivity index (χ1v) is 6.75. The second-order valence-electron chi connectivity index (χ2n) is 4.25. The molecule has 0 bridgehead atoms. The molecule has 0 fully saturated rings. The molecule has 1 N–H and O–H groups in total. The van der Waals surface area contributed by atoms with Crippen LogP contribution in [0.25, 0.3) is 11.0 Å². The monoisotopic (exact) mass is 307 g/mol. The van der Waals surface area contributed by atoms with Gasteiger partial charge in [0.15, 0.2) is 5.65 Å². The fourth-order valence-electron chi connectivity index (χ4n) is 2.00. The third-order valence-electron chi connectivity index (χ3n) is 2.93. The summed E-state index contributed by atoms with van der Waals surface area (Å²) in [5.74, 6) is 0.658. The van der Waals surface area contributed by atoms with Gasteiger partial charge in [0, 0.05) is 18.3 Å². The highest BCUT2D eigenvalue weighted by Crippen LogP contribution is 2.22. The average molecular weight is 308 g/mol. The van der Waals surface area contributed by atoms with Crippen molar-refractivity contribution in [3.05, 3.63) is 46.3 Å². The average Bonchev–Trinajstić information content (AvgIpc) is 2.82. The molecular formula is C13H11Cl2N5. The molecule has 2 heterocycles. The maximum Gasteiger partial charge on any atom is 0.226 e. The fourth-order valence-corrected chi connectivity index (χ4v) is 2.36. The summed E-state index contributed by atoms with van der Waals surface area (Å²) in [5, 5.41) is 9.09. The van der Waals surface area contributed by atoms with E-state index < -0.39 is 0 Å². The third kappa shape index (κ3) is 2.42. The van der Waals surface area contributed by atoms with E-state index in [1.54, 1.807) is 11.7 Å². The van der Waals surface area contributed by atoms with Crippen molar-refractivity contribution in [2.45, 2.75) is 6.54 Å². The quantitative estimate of drug-likeness (QED) is 0.755. The molecule has 3 rings (SSSR count). The maximum absolute atomic E-state index is 6.15. The Morgan fingerprint density at radius 2 is 2.00 bits per heavy atom. The minimum Gasteiger partial charge on any atom is -0.372 e. The summed E-state index contributed by atoms with van der Waals surface area (Å²) < 4.78 is 1.78. The molecule has 0 spiro atoms. The molecule has 2 aromatic heterocycles. The normalized spacial score (nSPS) is 10.9. The summed E-state index contributed by atoms with van der Waals surface area (Å²) in [5.41, 5.74) is 1.55. The smallest absolute Gasteiger partial charge is 0.226 e. The lowest BCUT2D eigenvalue weighted by molar-refractivity contribution is 0.693. The molecule has 0 aliphatic heterocycles. The maximum atomic E-state index is 6.15. The summed E-state index contributed by atoms with van der Waals surface area (Å²) in [7, 11) is 1.78. The van der Waals surface area contributed by atoms with Crippen molar-refractivity contribution in [1.29, 1.82) is 0 Å². The Balaban J connectivity index is 2.03. The van der Waals surface area contributed by atoms with Crippen LogP contribution in [0.1, 0.15) is 5.56 Å². The molecule has 0 aliphatic carbocycles. The van der Waals surface area contributed by atoms with Gasteiger partial charge in [0.25, 0.3) is 0 Å². The van der Waals surface area contributed by atoms with Crippen molar-refractivity contribution in [2.75, 3.05) is 12.4 Å². The number of nitrogens with zero attached hydrogens (tertiary/aromatic N) is 4. The number of anilines is 1. The first-order chi connectivity index (χ1) is 9.67. The molecule has 20 heavy (non-hydrogen) atoms. The number of rotatable bonds is 3. The van der Waals surface area contributed by atoms with Crippen LogP contribution in [0, 0.1) is 0 Å². The number of hydrogen-bond donors (Lipinski definition) is 1. The number of benzene rings is 1. The van der Waals surface area contributed by atoms with Crippen molar-refractivity contribution in [1.82, 2.24) is 19.7 Å². The molecule has 1 aromatic carbocycles. The van der Waals surface area contributed by atoms with Gasteiger partial charge in [0.05, 0.1) is 11.9 Å². The fraction of sp³-hybridized carbons (Fsp3) is 0.154. The lowest BCUT2D eigenvalue weighted by atomic mass is 10.2. The van der Waals surface area contributed by atoms with Crippen molar-refractivity contribution >= 4 is 40.1 Å². The molecule has 0 saturated heterocycles. The Morgan fingerprint density at radius 3 is 2.75 bits per heavy atom. The van der Waals surface area contributed by atoms with E-state index >= 15 is 0 Å². The van der Waals surface area contributed by atoms with E-state index in [2.05, 4.69) is 20.4 Å². The lowest BCUT2D eigenvalue weighted by Gasteiger charge is -2.03. The number of hydrogen-bond acceptors (Lipinski definition) is 4. The first kappa shape index (κ1) is 13.1. The second kappa shape index (κ2) is 5.26. The number of halogens is 2. The Bertz CT molecular complexity index is 769. The van der Waals surface area contributed by atoms with Gasteiger partial charge in [-0.05, 0) is 23.2 Å². The standard InChI is InChI=1S/C13H11Cl2N5/c1-16-11-9-7-20(19-12(9)18-13(15)17-11)6-8-4-2-3-5-10(8)14/h2-5,7H,6H2,1H3,(H,16,17,18,19). The van der Waals surface area contributed by atoms with Crippen LogP contribution in [-0.4, -0.2) is 26.8 Å². The molecule has 7 heteroatoms. The van der Waals surface area contributed by atoms with Crippen molar-refractivity contribution in [3.63, 3.8) is 0 Å². The van der Waals surface area contributed by atoms with Crippen LogP contribution in [0.3, 0.4) is 0 Å². The van der Waals surface area contributed by atoms with Gasteiger partial charge in [-0.1, -0.05) is 29.8 Å². The van der Waals surface area contributed by atoms with Gasteiger partial charge in [-0.2, -0.15) is 15.1 Å². The summed E-state index contributed by atoms with van der Waals surface area (Å²) in [6.45, 7) is 0.566. The highest BCUT2D eigenvalue weighted by molar-refractivity contribution is 6.31. The van der Waals surface area contributed by atoms with E-state index in [1.165, 1.54) is 0 Å². The number of fused-ring (bicyclic) bond motifs is 1. The summed E-state index contributed by atoms with van der Waals surface area (Å²) in [6, 6.07) is 7.66. The second-order valence-corrected chi connectivity index (χ2v) is 4.99. The zero-order valence-corrected chi connectivity index (χ0v) is 12.2. The molecule has 3 aromatic rings. The van der Waals surface area contributed by atoms with Crippen molar-refractivity contribution in [3.8, 4) is 0 Å². The van der Waals surface area contributed by atoms with Crippen LogP contribution in [0.5, 0.6) is 0 Å². The van der Waals surface area contributed by atoms with Crippen molar-refractivity contribution < 1.29 is 0 Å². The van der Waals surface area contributed by atoms with Gasteiger partial charge in [-0.25, -0.2) is 0 Å². The molecule has 5 nitrogen and oxygen atoms in total. The Labute approximate surface area is 125 Å². The molecule has 0 saturated carbocycles. The van der Waals surface area contributed by atoms with Gasteiger partial charge in [0.2, 0.25) is 5.28 Å². The van der Waals surface area contributed by atoms with Gasteiger partial charge in [-0.3, -0.25) is 4.68 Å². The first-order valence-electron chi connectivity index (χ1n) is 5.99. The van der Waals surface area contributed by atoms with Crippen LogP contribution in [0.15, 0.2) is 30.5 Å². The SMILES string of the molecule is CNc1nc(Cl)nc2nn(Cc3ccccc3Cl)cc12. The summed E-state index contributed by atoms with van der Waals surface area (Å²) in [4.78, 5) is 8.24. The van der Waals surface area contributed by atoms with Crippen LogP contribution in [-0.2, 0) is 6.54 Å². The van der Waals surface area contributed by atoms with Crippen LogP contribution < -0.4 is 5.32 Å². The number of nitrogens with one attached hydrogen (secondary N) is 1. The van der Waals surface area contributed by atoms with Gasteiger partial charge in [0.1, 0.15) is 5.82 Å². The lowest BCUT2D eigenvalue weighted by Crippen LogP contribution is -2.00. The minimum absolute atomic E-state index is 0.171. The van der Waals surface area contributed by atoms with E-state index in [1.807, 2.05) is 30.5 Å². The number of aromatic nitrogens is 4. The molecule has 0 amide bonds. The van der Waals surface area contributed by atoms with Gasteiger partial charge < -0.3 is 5.32 Å². The Hall–Kier alpha value is -1.85. The van der Waals surface area contributed by atoms with Crippen LogP contribution >= 0.6 is 23.2 Å². The summed E-state index contributed by atoms with van der Waals surface area (Å²) in [6.07, 6.45) is 1.88. The largest absolute Gasteiger partial charge is 0.372 e. The predicted octanol–water partition coefficient (Wildman–Crippen LogP) is 3.22.